The Hall–Kier alpha value is -3.56. The fraction of sp³-hybridized carbons (Fsp3) is 0.333. The average Bonchev–Trinajstić information content (AvgIpc) is 2.92. The number of ether oxygens (including phenoxy) is 1. The quantitative estimate of drug-likeness (QED) is 0.316. The Labute approximate surface area is 241 Å². The highest BCUT2D eigenvalue weighted by Gasteiger charge is 2.34. The molecule has 3 rings (SSSR count). The van der Waals surface area contributed by atoms with E-state index in [0.717, 1.165) is 9.87 Å². The number of anilines is 1. The molecule has 1 atom stereocenters. The topological polar surface area (TPSA) is 96.0 Å². The zero-order valence-electron chi connectivity index (χ0n) is 23.4. The fourth-order valence-electron chi connectivity index (χ4n) is 4.32. The standard InChI is InChI=1S/C30H36ClN3O5S/c1-6-27(30(36)32-21(2)3)33(19-23-11-15-25(39-5)16-12-23)29(35)20-34(28-10-8-7-9-22(28)4)40(37,38)26-17-13-24(31)14-18-26/h7-18,21,27H,6,19-20H2,1-5H3,(H,32,36). The van der Waals surface area contributed by atoms with Crippen LogP contribution in [0.2, 0.25) is 5.02 Å². The van der Waals surface area contributed by atoms with Crippen LogP contribution in [0.1, 0.15) is 38.3 Å². The van der Waals surface area contributed by atoms with Crippen LogP contribution in [-0.4, -0.2) is 50.9 Å². The number of rotatable bonds is 12. The van der Waals surface area contributed by atoms with Gasteiger partial charge in [0.1, 0.15) is 18.3 Å². The van der Waals surface area contributed by atoms with E-state index in [1.807, 2.05) is 32.9 Å². The fourth-order valence-corrected chi connectivity index (χ4v) is 5.92. The molecule has 0 heterocycles. The number of aryl methyl sites for hydroxylation is 1. The zero-order chi connectivity index (χ0) is 29.4. The summed E-state index contributed by atoms with van der Waals surface area (Å²) in [6, 6.07) is 19.0. The van der Waals surface area contributed by atoms with Crippen LogP contribution in [0, 0.1) is 6.92 Å². The van der Waals surface area contributed by atoms with Crippen LogP contribution in [0.3, 0.4) is 0 Å². The third-order valence-corrected chi connectivity index (χ3v) is 8.42. The lowest BCUT2D eigenvalue weighted by molar-refractivity contribution is -0.140. The van der Waals surface area contributed by atoms with Crippen LogP contribution in [-0.2, 0) is 26.2 Å². The van der Waals surface area contributed by atoms with Crippen molar-refractivity contribution in [2.45, 2.75) is 57.6 Å². The van der Waals surface area contributed by atoms with Crippen LogP contribution >= 0.6 is 11.6 Å². The van der Waals surface area contributed by atoms with Gasteiger partial charge < -0.3 is 15.0 Å². The van der Waals surface area contributed by atoms with Crippen LogP contribution in [0.5, 0.6) is 5.75 Å². The summed E-state index contributed by atoms with van der Waals surface area (Å²) in [6.07, 6.45) is 0.342. The Kier molecular flexibility index (Phi) is 10.6. The molecule has 0 fully saturated rings. The Morgan fingerprint density at radius 2 is 1.60 bits per heavy atom. The van der Waals surface area contributed by atoms with Gasteiger partial charge in [0, 0.05) is 17.6 Å². The van der Waals surface area contributed by atoms with Crippen molar-refractivity contribution in [3.8, 4) is 5.75 Å². The first kappa shape index (κ1) is 31.0. The molecule has 0 spiro atoms. The Morgan fingerprint density at radius 1 is 0.975 bits per heavy atom. The van der Waals surface area contributed by atoms with Crippen molar-refractivity contribution in [1.29, 1.82) is 0 Å². The number of amides is 2. The highest BCUT2D eigenvalue weighted by molar-refractivity contribution is 7.92. The third-order valence-electron chi connectivity index (χ3n) is 6.39. The molecule has 0 bridgehead atoms. The van der Waals surface area contributed by atoms with Gasteiger partial charge in [-0.2, -0.15) is 0 Å². The maximum atomic E-state index is 14.1. The zero-order valence-corrected chi connectivity index (χ0v) is 25.0. The van der Waals surface area contributed by atoms with E-state index in [1.165, 1.54) is 29.2 Å². The lowest BCUT2D eigenvalue weighted by atomic mass is 10.1. The molecule has 3 aromatic rings. The molecule has 40 heavy (non-hydrogen) atoms. The van der Waals surface area contributed by atoms with Gasteiger partial charge in [0.2, 0.25) is 11.8 Å². The molecular formula is C30H36ClN3O5S. The van der Waals surface area contributed by atoms with Crippen molar-refractivity contribution in [2.75, 3.05) is 18.0 Å². The van der Waals surface area contributed by atoms with Gasteiger partial charge in [-0.05, 0) is 80.8 Å². The van der Waals surface area contributed by atoms with Crippen LogP contribution in [0.15, 0.2) is 77.7 Å². The molecule has 8 nitrogen and oxygen atoms in total. The molecule has 0 radical (unpaired) electrons. The number of hydrogen-bond acceptors (Lipinski definition) is 5. The van der Waals surface area contributed by atoms with Gasteiger partial charge in [-0.3, -0.25) is 13.9 Å². The van der Waals surface area contributed by atoms with Crippen LogP contribution < -0.4 is 14.4 Å². The first-order chi connectivity index (χ1) is 19.0. The van der Waals surface area contributed by atoms with E-state index in [-0.39, 0.29) is 23.4 Å². The van der Waals surface area contributed by atoms with Crippen LogP contribution in [0.25, 0.3) is 0 Å². The van der Waals surface area contributed by atoms with Gasteiger partial charge in [-0.25, -0.2) is 8.42 Å². The summed E-state index contributed by atoms with van der Waals surface area (Å²) in [4.78, 5) is 28.7. The first-order valence-corrected chi connectivity index (χ1v) is 14.9. The minimum absolute atomic E-state index is 0.000695. The molecule has 0 saturated carbocycles. The number of hydrogen-bond donors (Lipinski definition) is 1. The number of benzene rings is 3. The molecule has 1 unspecified atom stereocenters. The highest BCUT2D eigenvalue weighted by atomic mass is 35.5. The van der Waals surface area contributed by atoms with Gasteiger partial charge >= 0.3 is 0 Å². The smallest absolute Gasteiger partial charge is 0.264 e. The Balaban J connectivity index is 2.07. The summed E-state index contributed by atoms with van der Waals surface area (Å²) in [5.74, 6) is -0.157. The molecular weight excluding hydrogens is 550 g/mol. The summed E-state index contributed by atoms with van der Waals surface area (Å²) >= 11 is 6.01. The van der Waals surface area contributed by atoms with Crippen molar-refractivity contribution >= 4 is 39.1 Å². The third kappa shape index (κ3) is 7.55. The second-order valence-electron chi connectivity index (χ2n) is 9.71. The number of carbonyl (C=O) groups excluding carboxylic acids is 2. The number of methoxy groups -OCH3 is 1. The number of nitrogens with one attached hydrogen (secondary N) is 1. The number of carbonyl (C=O) groups is 2. The summed E-state index contributed by atoms with van der Waals surface area (Å²) in [5, 5.41) is 3.29. The van der Waals surface area contributed by atoms with Gasteiger partial charge in [0.25, 0.3) is 10.0 Å². The van der Waals surface area contributed by atoms with Crippen molar-refractivity contribution in [1.82, 2.24) is 10.2 Å². The Bertz CT molecular complexity index is 1410. The van der Waals surface area contributed by atoms with Gasteiger partial charge in [0.15, 0.2) is 0 Å². The van der Waals surface area contributed by atoms with Crippen molar-refractivity contribution in [2.24, 2.45) is 0 Å². The van der Waals surface area contributed by atoms with E-state index in [1.54, 1.807) is 50.4 Å². The van der Waals surface area contributed by atoms with Gasteiger partial charge in [0.05, 0.1) is 17.7 Å². The summed E-state index contributed by atoms with van der Waals surface area (Å²) in [5.41, 5.74) is 1.82. The lowest BCUT2D eigenvalue weighted by Gasteiger charge is -2.34. The second-order valence-corrected chi connectivity index (χ2v) is 12.0. The van der Waals surface area contributed by atoms with Gasteiger partial charge in [-0.1, -0.05) is 48.9 Å². The molecule has 214 valence electrons. The number of para-hydroxylation sites is 1. The van der Waals surface area contributed by atoms with E-state index in [0.29, 0.717) is 28.4 Å². The molecule has 3 aromatic carbocycles. The number of sulfonamides is 1. The summed E-state index contributed by atoms with van der Waals surface area (Å²) in [7, 11) is -2.60. The predicted octanol–water partition coefficient (Wildman–Crippen LogP) is 5.18. The summed E-state index contributed by atoms with van der Waals surface area (Å²) < 4.78 is 34.2. The monoisotopic (exact) mass is 585 g/mol. The molecule has 0 aliphatic rings. The second kappa shape index (κ2) is 13.7. The minimum atomic E-state index is -4.17. The maximum absolute atomic E-state index is 14.1. The highest BCUT2D eigenvalue weighted by Crippen LogP contribution is 2.28. The minimum Gasteiger partial charge on any atom is -0.497 e. The number of nitrogens with zero attached hydrogens (tertiary/aromatic N) is 2. The molecule has 0 saturated heterocycles. The van der Waals surface area contributed by atoms with Crippen molar-refractivity contribution in [3.05, 3.63) is 88.9 Å². The van der Waals surface area contributed by atoms with Crippen molar-refractivity contribution in [3.63, 3.8) is 0 Å². The average molecular weight is 586 g/mol. The normalized spacial score (nSPS) is 12.1. The molecule has 0 aromatic heterocycles. The molecule has 0 aliphatic carbocycles. The molecule has 1 N–H and O–H groups in total. The Morgan fingerprint density at radius 3 is 2.15 bits per heavy atom. The SMILES string of the molecule is CCC(C(=O)NC(C)C)N(Cc1ccc(OC)cc1)C(=O)CN(c1ccccc1C)S(=O)(=O)c1ccc(Cl)cc1. The maximum Gasteiger partial charge on any atom is 0.264 e. The summed E-state index contributed by atoms with van der Waals surface area (Å²) in [6.45, 7) is 6.90. The molecule has 2 amide bonds. The molecule has 0 aliphatic heterocycles. The number of halogens is 1. The van der Waals surface area contributed by atoms with E-state index in [4.69, 9.17) is 16.3 Å². The van der Waals surface area contributed by atoms with E-state index >= 15 is 0 Å². The van der Waals surface area contributed by atoms with E-state index in [2.05, 4.69) is 5.32 Å². The predicted molar refractivity (Wildman–Crippen MR) is 158 cm³/mol. The van der Waals surface area contributed by atoms with E-state index in [9.17, 15) is 18.0 Å². The lowest BCUT2D eigenvalue weighted by Crippen LogP contribution is -2.53. The largest absolute Gasteiger partial charge is 0.497 e. The van der Waals surface area contributed by atoms with E-state index < -0.39 is 28.5 Å². The molecule has 10 heteroatoms. The first-order valence-electron chi connectivity index (χ1n) is 13.0. The van der Waals surface area contributed by atoms with Gasteiger partial charge in [-0.15, -0.1) is 0 Å². The van der Waals surface area contributed by atoms with Crippen LogP contribution in [0.4, 0.5) is 5.69 Å². The van der Waals surface area contributed by atoms with Crippen molar-refractivity contribution < 1.29 is 22.7 Å².